The van der Waals surface area contributed by atoms with Gasteiger partial charge in [0.1, 0.15) is 5.54 Å². The average molecular weight is 256 g/mol. The van der Waals surface area contributed by atoms with E-state index in [0.717, 1.165) is 12.8 Å². The van der Waals surface area contributed by atoms with Gasteiger partial charge in [0, 0.05) is 13.1 Å². The van der Waals surface area contributed by atoms with Crippen molar-refractivity contribution < 1.29 is 19.8 Å². The molecular formula is C12H20N2O4. The van der Waals surface area contributed by atoms with Gasteiger partial charge in [-0.1, -0.05) is 12.8 Å². The molecule has 6 nitrogen and oxygen atoms in total. The van der Waals surface area contributed by atoms with Crippen LogP contribution >= 0.6 is 0 Å². The summed E-state index contributed by atoms with van der Waals surface area (Å²) >= 11 is 0. The summed E-state index contributed by atoms with van der Waals surface area (Å²) in [6.45, 7) is 0.362. The highest BCUT2D eigenvalue weighted by Crippen LogP contribution is 2.49. The van der Waals surface area contributed by atoms with E-state index in [4.69, 9.17) is 10.2 Å². The number of nitrogens with one attached hydrogen (secondary N) is 1. The molecule has 0 aromatic heterocycles. The molecule has 1 heterocycles. The fourth-order valence-electron chi connectivity index (χ4n) is 3.11. The van der Waals surface area contributed by atoms with Crippen molar-refractivity contribution in [3.8, 4) is 0 Å². The first kappa shape index (κ1) is 13.3. The van der Waals surface area contributed by atoms with Crippen molar-refractivity contribution in [3.05, 3.63) is 0 Å². The van der Waals surface area contributed by atoms with Gasteiger partial charge in [0.05, 0.1) is 19.1 Å². The summed E-state index contributed by atoms with van der Waals surface area (Å²) in [5.74, 6) is -0.505. The summed E-state index contributed by atoms with van der Waals surface area (Å²) in [5.41, 5.74) is -0.666. The summed E-state index contributed by atoms with van der Waals surface area (Å²) in [4.78, 5) is 25.6. The van der Waals surface area contributed by atoms with Gasteiger partial charge in [0.2, 0.25) is 11.8 Å². The molecule has 2 rings (SSSR count). The zero-order chi connectivity index (χ0) is 13.2. The Morgan fingerprint density at radius 2 is 2.17 bits per heavy atom. The van der Waals surface area contributed by atoms with Crippen molar-refractivity contribution >= 4 is 11.8 Å². The van der Waals surface area contributed by atoms with Gasteiger partial charge in [0.15, 0.2) is 0 Å². The summed E-state index contributed by atoms with van der Waals surface area (Å²) in [6, 6.07) is 0. The molecule has 1 saturated carbocycles. The minimum Gasteiger partial charge on any atom is -0.395 e. The molecule has 2 aliphatic rings. The van der Waals surface area contributed by atoms with E-state index in [2.05, 4.69) is 5.32 Å². The maximum atomic E-state index is 12.0. The van der Waals surface area contributed by atoms with Crippen LogP contribution in [0.3, 0.4) is 0 Å². The molecule has 2 atom stereocenters. The third kappa shape index (κ3) is 1.99. The molecule has 1 aliphatic carbocycles. The van der Waals surface area contributed by atoms with E-state index < -0.39 is 5.54 Å². The van der Waals surface area contributed by atoms with E-state index in [1.165, 1.54) is 0 Å². The van der Waals surface area contributed by atoms with Gasteiger partial charge in [-0.05, 0) is 12.8 Å². The van der Waals surface area contributed by atoms with Crippen LogP contribution in [0.2, 0.25) is 0 Å². The Morgan fingerprint density at radius 1 is 1.39 bits per heavy atom. The molecule has 102 valence electrons. The normalized spacial score (nSPS) is 30.7. The summed E-state index contributed by atoms with van der Waals surface area (Å²) in [7, 11) is 0. The Kier molecular flexibility index (Phi) is 3.87. The van der Waals surface area contributed by atoms with Crippen LogP contribution in [0.5, 0.6) is 0 Å². The van der Waals surface area contributed by atoms with Crippen molar-refractivity contribution in [2.45, 2.75) is 31.2 Å². The van der Waals surface area contributed by atoms with Gasteiger partial charge >= 0.3 is 0 Å². The zero-order valence-corrected chi connectivity index (χ0v) is 10.4. The quantitative estimate of drug-likeness (QED) is 0.542. The Hall–Kier alpha value is -1.14. The minimum absolute atomic E-state index is 0.0135. The second kappa shape index (κ2) is 5.24. The predicted molar refractivity (Wildman–Crippen MR) is 63.6 cm³/mol. The van der Waals surface area contributed by atoms with Gasteiger partial charge < -0.3 is 20.4 Å². The number of nitrogens with zero attached hydrogens (tertiary/aromatic N) is 1. The molecule has 2 fully saturated rings. The maximum absolute atomic E-state index is 12.0. The number of carbonyl (C=O) groups is 2. The number of hydrogen-bond donors (Lipinski definition) is 3. The van der Waals surface area contributed by atoms with Gasteiger partial charge in [-0.3, -0.25) is 9.59 Å². The van der Waals surface area contributed by atoms with Gasteiger partial charge in [-0.15, -0.1) is 0 Å². The van der Waals surface area contributed by atoms with E-state index in [1.807, 2.05) is 0 Å². The number of aliphatic hydroxyl groups is 2. The fraction of sp³-hybridized carbons (Fsp3) is 0.833. The van der Waals surface area contributed by atoms with Crippen molar-refractivity contribution in [2.24, 2.45) is 5.92 Å². The molecule has 2 amide bonds. The monoisotopic (exact) mass is 256 g/mol. The SMILES string of the molecule is O=C(NCCO)C1CCCCC12C(=O)N2CCO. The molecular weight excluding hydrogens is 236 g/mol. The lowest BCUT2D eigenvalue weighted by Crippen LogP contribution is -2.45. The van der Waals surface area contributed by atoms with Crippen molar-refractivity contribution in [2.75, 3.05) is 26.3 Å². The third-order valence-corrected chi connectivity index (χ3v) is 3.98. The number of hydrogen-bond acceptors (Lipinski definition) is 4. The Balaban J connectivity index is 2.07. The minimum atomic E-state index is -0.666. The lowest BCUT2D eigenvalue weighted by Gasteiger charge is -2.29. The largest absolute Gasteiger partial charge is 0.395 e. The van der Waals surface area contributed by atoms with Crippen LogP contribution in [0.15, 0.2) is 0 Å². The van der Waals surface area contributed by atoms with E-state index in [1.54, 1.807) is 4.90 Å². The first-order valence-electron chi connectivity index (χ1n) is 6.50. The van der Waals surface area contributed by atoms with Crippen LogP contribution in [0.25, 0.3) is 0 Å². The fourth-order valence-corrected chi connectivity index (χ4v) is 3.11. The predicted octanol–water partition coefficient (Wildman–Crippen LogP) is -1.14. The molecule has 2 unspecified atom stereocenters. The number of aliphatic hydroxyl groups excluding tert-OH is 2. The third-order valence-electron chi connectivity index (χ3n) is 3.98. The molecule has 0 aromatic rings. The zero-order valence-electron chi connectivity index (χ0n) is 10.4. The van der Waals surface area contributed by atoms with E-state index in [9.17, 15) is 9.59 Å². The van der Waals surface area contributed by atoms with Crippen LogP contribution < -0.4 is 5.32 Å². The second-order valence-corrected chi connectivity index (χ2v) is 4.92. The topological polar surface area (TPSA) is 89.6 Å². The summed E-state index contributed by atoms with van der Waals surface area (Å²) in [6.07, 6.45) is 3.28. The highest BCUT2D eigenvalue weighted by Gasteiger charge is 2.68. The second-order valence-electron chi connectivity index (χ2n) is 4.92. The molecule has 18 heavy (non-hydrogen) atoms. The van der Waals surface area contributed by atoms with E-state index in [0.29, 0.717) is 19.4 Å². The lowest BCUT2D eigenvalue weighted by molar-refractivity contribution is -0.129. The summed E-state index contributed by atoms with van der Waals surface area (Å²) in [5, 5.41) is 20.3. The Bertz CT molecular complexity index is 347. The van der Waals surface area contributed by atoms with Crippen LogP contribution in [-0.4, -0.2) is 58.8 Å². The highest BCUT2D eigenvalue weighted by molar-refractivity contribution is 6.06. The van der Waals surface area contributed by atoms with Crippen LogP contribution in [-0.2, 0) is 9.59 Å². The van der Waals surface area contributed by atoms with Crippen molar-refractivity contribution in [1.82, 2.24) is 10.2 Å². The number of β-amino-alcohol motifs (C(OH)–C–C–N with tert-alkyl or cyclic N) is 1. The van der Waals surface area contributed by atoms with E-state index >= 15 is 0 Å². The molecule has 1 saturated heterocycles. The molecule has 1 spiro atoms. The molecule has 1 aliphatic heterocycles. The van der Waals surface area contributed by atoms with E-state index in [-0.39, 0.29) is 37.5 Å². The summed E-state index contributed by atoms with van der Waals surface area (Å²) < 4.78 is 0. The number of carbonyl (C=O) groups excluding carboxylic acids is 2. The first-order valence-corrected chi connectivity index (χ1v) is 6.50. The van der Waals surface area contributed by atoms with Gasteiger partial charge in [-0.25, -0.2) is 0 Å². The number of rotatable bonds is 5. The molecule has 6 heteroatoms. The molecule has 3 N–H and O–H groups in total. The Labute approximate surface area is 106 Å². The Morgan fingerprint density at radius 3 is 2.83 bits per heavy atom. The van der Waals surface area contributed by atoms with Crippen LogP contribution in [0.4, 0.5) is 0 Å². The van der Waals surface area contributed by atoms with Gasteiger partial charge in [0.25, 0.3) is 0 Å². The lowest BCUT2D eigenvalue weighted by atomic mass is 9.77. The molecule has 0 bridgehead atoms. The smallest absolute Gasteiger partial charge is 0.250 e. The van der Waals surface area contributed by atoms with Gasteiger partial charge in [-0.2, -0.15) is 0 Å². The average Bonchev–Trinajstić information content (AvgIpc) is 2.92. The maximum Gasteiger partial charge on any atom is 0.250 e. The molecule has 0 radical (unpaired) electrons. The number of amides is 2. The van der Waals surface area contributed by atoms with Crippen LogP contribution in [0, 0.1) is 5.92 Å². The van der Waals surface area contributed by atoms with Crippen molar-refractivity contribution in [1.29, 1.82) is 0 Å². The highest BCUT2D eigenvalue weighted by atomic mass is 16.3. The first-order chi connectivity index (χ1) is 8.68. The van der Waals surface area contributed by atoms with Crippen molar-refractivity contribution in [3.63, 3.8) is 0 Å². The van der Waals surface area contributed by atoms with Crippen LogP contribution in [0.1, 0.15) is 25.7 Å². The standard InChI is InChI=1S/C12H20N2O4/c15-7-5-13-10(17)9-3-1-2-4-12(9)11(18)14(12)6-8-16/h9,15-16H,1-8H2,(H,13,17). The molecule has 0 aromatic carbocycles.